The van der Waals surface area contributed by atoms with E-state index in [1.807, 2.05) is 7.05 Å². The van der Waals surface area contributed by atoms with Crippen molar-refractivity contribution in [2.45, 2.75) is 12.8 Å². The molecule has 0 amide bonds. The summed E-state index contributed by atoms with van der Waals surface area (Å²) in [4.78, 5) is 4.05. The third-order valence-corrected chi connectivity index (χ3v) is 1.25. The van der Waals surface area contributed by atoms with E-state index in [-0.39, 0.29) is 12.4 Å². The van der Waals surface area contributed by atoms with E-state index < -0.39 is 0 Å². The standard InChI is InChI=1S/C6H12N4.ClH/c1-10-5-8-6(9-10)3-2-4-7;/h5H,2-4,7H2,1H3;1H. The molecule has 1 heterocycles. The Hall–Kier alpha value is -0.610. The first kappa shape index (κ1) is 10.4. The van der Waals surface area contributed by atoms with Crippen LogP contribution in [0.1, 0.15) is 12.2 Å². The highest BCUT2D eigenvalue weighted by atomic mass is 35.5. The molecule has 0 atom stereocenters. The van der Waals surface area contributed by atoms with Gasteiger partial charge in [0.1, 0.15) is 6.33 Å². The molecule has 1 aromatic heterocycles. The molecular weight excluding hydrogens is 164 g/mol. The van der Waals surface area contributed by atoms with Gasteiger partial charge in [-0.2, -0.15) is 5.10 Å². The fourth-order valence-corrected chi connectivity index (χ4v) is 0.759. The van der Waals surface area contributed by atoms with Crippen LogP contribution in [0.5, 0.6) is 0 Å². The first-order chi connectivity index (χ1) is 4.83. The molecule has 0 radical (unpaired) electrons. The predicted octanol–water partition coefficient (Wildman–Crippen LogP) is 0.128. The number of rotatable bonds is 3. The molecule has 0 unspecified atom stereocenters. The second-order valence-corrected chi connectivity index (χ2v) is 2.23. The van der Waals surface area contributed by atoms with Gasteiger partial charge in [-0.3, -0.25) is 4.68 Å². The summed E-state index contributed by atoms with van der Waals surface area (Å²) in [6.07, 6.45) is 3.55. The van der Waals surface area contributed by atoms with E-state index in [4.69, 9.17) is 5.73 Å². The van der Waals surface area contributed by atoms with Gasteiger partial charge in [-0.05, 0) is 13.0 Å². The topological polar surface area (TPSA) is 56.7 Å². The number of aromatic nitrogens is 3. The van der Waals surface area contributed by atoms with Gasteiger partial charge < -0.3 is 5.73 Å². The second-order valence-electron chi connectivity index (χ2n) is 2.23. The number of aryl methyl sites for hydroxylation is 2. The molecule has 0 aliphatic rings. The molecule has 5 heteroatoms. The van der Waals surface area contributed by atoms with Gasteiger partial charge in [0.2, 0.25) is 0 Å². The molecule has 1 rings (SSSR count). The van der Waals surface area contributed by atoms with Crippen molar-refractivity contribution in [1.29, 1.82) is 0 Å². The van der Waals surface area contributed by atoms with Crippen molar-refractivity contribution in [3.63, 3.8) is 0 Å². The molecule has 0 saturated carbocycles. The maximum atomic E-state index is 5.32. The molecule has 64 valence electrons. The molecular formula is C6H13ClN4. The second kappa shape index (κ2) is 5.09. The summed E-state index contributed by atoms with van der Waals surface area (Å²) in [7, 11) is 1.86. The average molecular weight is 177 g/mol. The van der Waals surface area contributed by atoms with E-state index in [0.29, 0.717) is 6.54 Å². The first-order valence-corrected chi connectivity index (χ1v) is 3.37. The van der Waals surface area contributed by atoms with Crippen molar-refractivity contribution in [2.24, 2.45) is 12.8 Å². The van der Waals surface area contributed by atoms with E-state index in [9.17, 15) is 0 Å². The molecule has 2 N–H and O–H groups in total. The number of hydrogen-bond acceptors (Lipinski definition) is 3. The van der Waals surface area contributed by atoms with Crippen LogP contribution in [0, 0.1) is 0 Å². The normalized spacial score (nSPS) is 9.27. The number of nitrogens with two attached hydrogens (primary N) is 1. The average Bonchev–Trinajstić information content (AvgIpc) is 2.31. The molecule has 0 bridgehead atoms. The highest BCUT2D eigenvalue weighted by molar-refractivity contribution is 5.85. The van der Waals surface area contributed by atoms with E-state index in [1.54, 1.807) is 11.0 Å². The van der Waals surface area contributed by atoms with Crippen LogP contribution in [0.15, 0.2) is 6.33 Å². The Morgan fingerprint density at radius 2 is 2.36 bits per heavy atom. The predicted molar refractivity (Wildman–Crippen MR) is 45.6 cm³/mol. The van der Waals surface area contributed by atoms with Crippen LogP contribution in [-0.4, -0.2) is 21.3 Å². The zero-order valence-electron chi connectivity index (χ0n) is 6.53. The lowest BCUT2D eigenvalue weighted by atomic mass is 10.3. The van der Waals surface area contributed by atoms with E-state index >= 15 is 0 Å². The highest BCUT2D eigenvalue weighted by Gasteiger charge is 1.95. The van der Waals surface area contributed by atoms with Gasteiger partial charge in [-0.15, -0.1) is 12.4 Å². The SMILES string of the molecule is Cl.Cn1cnc(CCCN)n1. The molecule has 4 nitrogen and oxygen atoms in total. The summed E-state index contributed by atoms with van der Waals surface area (Å²) in [5, 5.41) is 4.10. The molecule has 0 aromatic carbocycles. The van der Waals surface area contributed by atoms with Crippen molar-refractivity contribution in [3.05, 3.63) is 12.2 Å². The molecule has 0 saturated heterocycles. The number of nitrogens with zero attached hydrogens (tertiary/aromatic N) is 3. The van der Waals surface area contributed by atoms with Gasteiger partial charge in [-0.25, -0.2) is 4.98 Å². The number of halogens is 1. The quantitative estimate of drug-likeness (QED) is 0.712. The highest BCUT2D eigenvalue weighted by Crippen LogP contribution is 1.91. The Kier molecular flexibility index (Phi) is 4.81. The Labute approximate surface area is 72.2 Å². The maximum absolute atomic E-state index is 5.32. The van der Waals surface area contributed by atoms with Gasteiger partial charge in [0.05, 0.1) is 0 Å². The van der Waals surface area contributed by atoms with Crippen LogP contribution in [0.4, 0.5) is 0 Å². The third-order valence-electron chi connectivity index (χ3n) is 1.25. The molecule has 0 aliphatic carbocycles. The number of hydrogen-bond donors (Lipinski definition) is 1. The van der Waals surface area contributed by atoms with Crippen LogP contribution < -0.4 is 5.73 Å². The van der Waals surface area contributed by atoms with Crippen molar-refractivity contribution in [2.75, 3.05) is 6.54 Å². The van der Waals surface area contributed by atoms with Crippen LogP contribution in [0.3, 0.4) is 0 Å². The summed E-state index contributed by atoms with van der Waals surface area (Å²) in [6, 6.07) is 0. The summed E-state index contributed by atoms with van der Waals surface area (Å²) < 4.78 is 1.70. The van der Waals surface area contributed by atoms with Crippen molar-refractivity contribution in [1.82, 2.24) is 14.8 Å². The monoisotopic (exact) mass is 176 g/mol. The Bertz CT molecular complexity index is 198. The summed E-state index contributed by atoms with van der Waals surface area (Å²) in [5.41, 5.74) is 5.32. The lowest BCUT2D eigenvalue weighted by molar-refractivity contribution is 0.721. The molecule has 0 fully saturated rings. The lowest BCUT2D eigenvalue weighted by Gasteiger charge is -1.89. The minimum atomic E-state index is 0. The van der Waals surface area contributed by atoms with Crippen LogP contribution >= 0.6 is 12.4 Å². The van der Waals surface area contributed by atoms with Gasteiger partial charge in [-0.1, -0.05) is 0 Å². The minimum Gasteiger partial charge on any atom is -0.330 e. The first-order valence-electron chi connectivity index (χ1n) is 3.37. The fourth-order valence-electron chi connectivity index (χ4n) is 0.759. The Morgan fingerprint density at radius 1 is 1.64 bits per heavy atom. The largest absolute Gasteiger partial charge is 0.330 e. The lowest BCUT2D eigenvalue weighted by Crippen LogP contribution is -2.01. The Morgan fingerprint density at radius 3 is 2.82 bits per heavy atom. The van der Waals surface area contributed by atoms with Crippen LogP contribution in [0.25, 0.3) is 0 Å². The fraction of sp³-hybridized carbons (Fsp3) is 0.667. The third kappa shape index (κ3) is 3.34. The van der Waals surface area contributed by atoms with Gasteiger partial charge in [0.25, 0.3) is 0 Å². The van der Waals surface area contributed by atoms with Crippen molar-refractivity contribution < 1.29 is 0 Å². The van der Waals surface area contributed by atoms with Crippen molar-refractivity contribution in [3.8, 4) is 0 Å². The smallest absolute Gasteiger partial charge is 0.150 e. The van der Waals surface area contributed by atoms with Gasteiger partial charge >= 0.3 is 0 Å². The summed E-state index contributed by atoms with van der Waals surface area (Å²) in [5.74, 6) is 0.882. The van der Waals surface area contributed by atoms with Crippen LogP contribution in [-0.2, 0) is 13.5 Å². The zero-order chi connectivity index (χ0) is 7.40. The maximum Gasteiger partial charge on any atom is 0.150 e. The minimum absolute atomic E-state index is 0. The summed E-state index contributed by atoms with van der Waals surface area (Å²) >= 11 is 0. The van der Waals surface area contributed by atoms with Gasteiger partial charge in [0, 0.05) is 13.5 Å². The molecule has 0 spiro atoms. The molecule has 1 aromatic rings. The van der Waals surface area contributed by atoms with Crippen LogP contribution in [0.2, 0.25) is 0 Å². The van der Waals surface area contributed by atoms with E-state index in [2.05, 4.69) is 10.1 Å². The van der Waals surface area contributed by atoms with Gasteiger partial charge in [0.15, 0.2) is 5.82 Å². The summed E-state index contributed by atoms with van der Waals surface area (Å²) in [6.45, 7) is 0.707. The van der Waals surface area contributed by atoms with Crippen molar-refractivity contribution >= 4 is 12.4 Å². The zero-order valence-corrected chi connectivity index (χ0v) is 7.34. The van der Waals surface area contributed by atoms with E-state index in [1.165, 1.54) is 0 Å². The Balaban J connectivity index is 0.000001000. The molecule has 11 heavy (non-hydrogen) atoms. The molecule has 0 aliphatic heterocycles. The van der Waals surface area contributed by atoms with E-state index in [0.717, 1.165) is 18.7 Å².